The monoisotopic (exact) mass is 325 g/mol. The van der Waals surface area contributed by atoms with Gasteiger partial charge in [-0.15, -0.1) is 0 Å². The van der Waals surface area contributed by atoms with Crippen LogP contribution in [0.4, 0.5) is 4.39 Å². The lowest BCUT2D eigenvalue weighted by atomic mass is 10.1. The molecule has 0 bridgehead atoms. The molecule has 23 heavy (non-hydrogen) atoms. The Bertz CT molecular complexity index is 589. The summed E-state index contributed by atoms with van der Waals surface area (Å²) in [5.41, 5.74) is 4.95. The smallest absolute Gasteiger partial charge is 0.335 e. The van der Waals surface area contributed by atoms with Crippen LogP contribution in [0.2, 0.25) is 0 Å². The van der Waals surface area contributed by atoms with E-state index in [2.05, 4.69) is 0 Å². The van der Waals surface area contributed by atoms with Crippen molar-refractivity contribution in [1.29, 1.82) is 0 Å². The zero-order valence-electron chi connectivity index (χ0n) is 13.2. The summed E-state index contributed by atoms with van der Waals surface area (Å²) in [6.45, 7) is 4.77. The molecule has 7 heteroatoms. The lowest BCUT2D eigenvalue weighted by Gasteiger charge is -2.23. The second-order valence-electron chi connectivity index (χ2n) is 5.81. The van der Waals surface area contributed by atoms with Crippen molar-refractivity contribution in [1.82, 2.24) is 0 Å². The van der Waals surface area contributed by atoms with Crippen LogP contribution in [0.25, 0.3) is 0 Å². The number of ether oxygens (including phenoxy) is 2. The van der Waals surface area contributed by atoms with Crippen LogP contribution in [0, 0.1) is 0 Å². The molecule has 0 spiro atoms. The molecule has 0 heterocycles. The fourth-order valence-corrected chi connectivity index (χ4v) is 1.57. The van der Waals surface area contributed by atoms with Gasteiger partial charge in [0.1, 0.15) is 24.0 Å². The number of carboxylic acid groups (broad SMARTS) is 1. The van der Waals surface area contributed by atoms with Crippen molar-refractivity contribution in [2.24, 2.45) is 5.73 Å². The van der Waals surface area contributed by atoms with Gasteiger partial charge in [-0.2, -0.15) is 0 Å². The number of nitrogens with two attached hydrogens (primary N) is 1. The van der Waals surface area contributed by atoms with E-state index < -0.39 is 23.6 Å². The average molecular weight is 325 g/mol. The second kappa shape index (κ2) is 7.73. The Morgan fingerprint density at radius 3 is 2.30 bits per heavy atom. The molecule has 0 aliphatic heterocycles. The summed E-state index contributed by atoms with van der Waals surface area (Å²) in [6, 6.07) is 4.28. The van der Waals surface area contributed by atoms with Crippen molar-refractivity contribution in [3.8, 4) is 5.75 Å². The summed E-state index contributed by atoms with van der Waals surface area (Å²) in [6.07, 6.45) is 0.209. The third-order valence-electron chi connectivity index (χ3n) is 2.71. The maximum atomic E-state index is 13.0. The number of hydrogen-bond acceptors (Lipinski definition) is 5. The van der Waals surface area contributed by atoms with Gasteiger partial charge in [0.25, 0.3) is 0 Å². The van der Waals surface area contributed by atoms with Crippen LogP contribution in [0.15, 0.2) is 36.2 Å². The van der Waals surface area contributed by atoms with E-state index in [1.807, 2.05) is 0 Å². The second-order valence-corrected chi connectivity index (χ2v) is 5.81. The quantitative estimate of drug-likeness (QED) is 0.779. The predicted molar refractivity (Wildman–Crippen MR) is 81.9 cm³/mol. The number of carbonyl (C=O) groups is 2. The highest BCUT2D eigenvalue weighted by atomic mass is 19.1. The molecule has 0 saturated heterocycles. The van der Waals surface area contributed by atoms with E-state index in [1.54, 1.807) is 20.8 Å². The molecule has 0 radical (unpaired) electrons. The number of hydrogen-bond donors (Lipinski definition) is 2. The van der Waals surface area contributed by atoms with Gasteiger partial charge in [0.2, 0.25) is 0 Å². The van der Waals surface area contributed by atoms with Crippen LogP contribution < -0.4 is 10.5 Å². The number of rotatable bonds is 6. The fraction of sp³-hybridized carbons (Fsp3) is 0.375. The van der Waals surface area contributed by atoms with Crippen molar-refractivity contribution in [3.63, 3.8) is 0 Å². The Labute approximate surface area is 133 Å². The molecule has 1 rings (SSSR count). The molecule has 6 nitrogen and oxygen atoms in total. The Hall–Kier alpha value is -2.41. The zero-order chi connectivity index (χ0) is 17.6. The zero-order valence-corrected chi connectivity index (χ0v) is 13.2. The van der Waals surface area contributed by atoms with Crippen molar-refractivity contribution < 1.29 is 28.6 Å². The van der Waals surface area contributed by atoms with Crippen LogP contribution in [-0.2, 0) is 9.53 Å². The molecule has 1 aromatic rings. The van der Waals surface area contributed by atoms with E-state index >= 15 is 0 Å². The van der Waals surface area contributed by atoms with Gasteiger partial charge in [-0.1, -0.05) is 0 Å². The van der Waals surface area contributed by atoms with Crippen LogP contribution >= 0.6 is 0 Å². The molecule has 0 aromatic heterocycles. The third-order valence-corrected chi connectivity index (χ3v) is 2.71. The summed E-state index contributed by atoms with van der Waals surface area (Å²) in [5, 5.41) is 8.79. The molecular formula is C16H20FNO5. The SMILES string of the molecule is CC(C)(C)OC(=O)C(N)/C(=C\F)COc1ccc(C(=O)O)cc1. The summed E-state index contributed by atoms with van der Waals surface area (Å²) in [4.78, 5) is 22.5. The number of halogens is 1. The topological polar surface area (TPSA) is 98.9 Å². The minimum atomic E-state index is -1.28. The first-order valence-electron chi connectivity index (χ1n) is 6.88. The van der Waals surface area contributed by atoms with Crippen LogP contribution in [0.5, 0.6) is 5.75 Å². The molecule has 1 unspecified atom stereocenters. The van der Waals surface area contributed by atoms with Crippen LogP contribution in [-0.4, -0.2) is 35.3 Å². The summed E-state index contributed by atoms with van der Waals surface area (Å²) < 4.78 is 23.4. The summed E-state index contributed by atoms with van der Waals surface area (Å²) in [7, 11) is 0. The first-order valence-corrected chi connectivity index (χ1v) is 6.88. The molecule has 0 saturated carbocycles. The first-order chi connectivity index (χ1) is 10.6. The molecular weight excluding hydrogens is 305 g/mol. The number of esters is 1. The molecule has 1 aromatic carbocycles. The highest BCUT2D eigenvalue weighted by Gasteiger charge is 2.25. The molecule has 3 N–H and O–H groups in total. The van der Waals surface area contributed by atoms with Gasteiger partial charge < -0.3 is 20.3 Å². The number of benzene rings is 1. The average Bonchev–Trinajstić information content (AvgIpc) is 2.46. The normalized spacial score (nSPS) is 13.3. The maximum Gasteiger partial charge on any atom is 0.335 e. The Balaban J connectivity index is 2.66. The first kappa shape index (κ1) is 18.6. The third kappa shape index (κ3) is 6.07. The van der Waals surface area contributed by atoms with Gasteiger partial charge in [-0.3, -0.25) is 0 Å². The summed E-state index contributed by atoms with van der Waals surface area (Å²) in [5.74, 6) is -1.50. The van der Waals surface area contributed by atoms with Gasteiger partial charge in [0, 0.05) is 5.57 Å². The van der Waals surface area contributed by atoms with Gasteiger partial charge in [-0.25, -0.2) is 14.0 Å². The minimum absolute atomic E-state index is 0.0819. The lowest BCUT2D eigenvalue weighted by Crippen LogP contribution is -2.40. The van der Waals surface area contributed by atoms with Gasteiger partial charge >= 0.3 is 11.9 Å². The minimum Gasteiger partial charge on any atom is -0.489 e. The van der Waals surface area contributed by atoms with E-state index in [9.17, 15) is 14.0 Å². The molecule has 0 fully saturated rings. The fourth-order valence-electron chi connectivity index (χ4n) is 1.57. The van der Waals surface area contributed by atoms with Crippen LogP contribution in [0.3, 0.4) is 0 Å². The highest BCUT2D eigenvalue weighted by molar-refractivity contribution is 5.87. The Morgan fingerprint density at radius 1 is 1.30 bits per heavy atom. The van der Waals surface area contributed by atoms with E-state index in [-0.39, 0.29) is 24.1 Å². The Kier molecular flexibility index (Phi) is 6.27. The summed E-state index contributed by atoms with van der Waals surface area (Å²) >= 11 is 0. The van der Waals surface area contributed by atoms with Gasteiger partial charge in [0.15, 0.2) is 0 Å². The van der Waals surface area contributed by atoms with Crippen molar-refractivity contribution in [3.05, 3.63) is 41.7 Å². The van der Waals surface area contributed by atoms with Crippen LogP contribution in [0.1, 0.15) is 31.1 Å². The van der Waals surface area contributed by atoms with Gasteiger partial charge in [0.05, 0.1) is 11.9 Å². The van der Waals surface area contributed by atoms with E-state index in [0.29, 0.717) is 5.75 Å². The number of aromatic carboxylic acids is 1. The Morgan fingerprint density at radius 2 is 1.87 bits per heavy atom. The number of carboxylic acids is 1. The van der Waals surface area contributed by atoms with Crippen molar-refractivity contribution in [2.45, 2.75) is 32.4 Å². The van der Waals surface area contributed by atoms with E-state index in [0.717, 1.165) is 0 Å². The highest BCUT2D eigenvalue weighted by Crippen LogP contribution is 2.16. The molecule has 0 aliphatic carbocycles. The van der Waals surface area contributed by atoms with Crippen molar-refractivity contribution >= 4 is 11.9 Å². The molecule has 0 amide bonds. The number of carbonyl (C=O) groups excluding carboxylic acids is 1. The van der Waals surface area contributed by atoms with E-state index in [4.69, 9.17) is 20.3 Å². The van der Waals surface area contributed by atoms with E-state index in [1.165, 1.54) is 24.3 Å². The van der Waals surface area contributed by atoms with Gasteiger partial charge in [-0.05, 0) is 45.0 Å². The predicted octanol–water partition coefficient (Wildman–Crippen LogP) is 2.29. The maximum absolute atomic E-state index is 13.0. The van der Waals surface area contributed by atoms with Crippen molar-refractivity contribution in [2.75, 3.05) is 6.61 Å². The largest absolute Gasteiger partial charge is 0.489 e. The lowest BCUT2D eigenvalue weighted by molar-refractivity contribution is -0.155. The standard InChI is InChI=1S/C16H20FNO5/c1-16(2,3)23-15(21)13(18)11(8-17)9-22-12-6-4-10(5-7-12)14(19)20/h4-8,13H,9,18H2,1-3H3,(H,19,20)/b11-8-. The molecule has 0 aliphatic rings. The molecule has 126 valence electrons. The molecule has 1 atom stereocenters.